The minimum atomic E-state index is -0.481. The fraction of sp³-hybridized carbons (Fsp3) is 0.150. The molecule has 0 aliphatic carbocycles. The van der Waals surface area contributed by atoms with E-state index in [-0.39, 0.29) is 24.1 Å². The van der Waals surface area contributed by atoms with Crippen LogP contribution in [0.1, 0.15) is 18.0 Å². The van der Waals surface area contributed by atoms with E-state index in [9.17, 15) is 14.0 Å². The molecule has 2 aromatic carbocycles. The van der Waals surface area contributed by atoms with Gasteiger partial charge in [-0.3, -0.25) is 14.4 Å². The molecule has 1 atom stereocenters. The van der Waals surface area contributed by atoms with Crippen molar-refractivity contribution in [2.75, 3.05) is 5.32 Å². The first-order valence-corrected chi connectivity index (χ1v) is 8.49. The standard InChI is InChI=1S/C20H17FN4O2/c1-24-12-14-10-16(6-7-18(14)23-24)22-20(27)25-9-8-17(26)11-19(25)13-2-4-15(21)5-3-13/h2-10,12,19H,11H2,1H3,(H,22,27). The highest BCUT2D eigenvalue weighted by Crippen LogP contribution is 2.29. The van der Waals surface area contributed by atoms with E-state index >= 15 is 0 Å². The van der Waals surface area contributed by atoms with Crippen LogP contribution in [0.15, 0.2) is 60.9 Å². The van der Waals surface area contributed by atoms with E-state index < -0.39 is 6.04 Å². The second kappa shape index (κ2) is 6.68. The van der Waals surface area contributed by atoms with E-state index in [1.165, 1.54) is 29.3 Å². The Morgan fingerprint density at radius 2 is 2.00 bits per heavy atom. The van der Waals surface area contributed by atoms with E-state index in [1.54, 1.807) is 22.9 Å². The van der Waals surface area contributed by atoms with Crippen LogP contribution in [-0.4, -0.2) is 26.5 Å². The molecule has 0 radical (unpaired) electrons. The molecule has 136 valence electrons. The van der Waals surface area contributed by atoms with Gasteiger partial charge in [0.1, 0.15) is 5.82 Å². The van der Waals surface area contributed by atoms with Gasteiger partial charge in [-0.25, -0.2) is 9.18 Å². The van der Waals surface area contributed by atoms with Crippen molar-refractivity contribution in [3.05, 3.63) is 72.3 Å². The third-order valence-electron chi connectivity index (χ3n) is 4.51. The molecule has 0 spiro atoms. The lowest BCUT2D eigenvalue weighted by Gasteiger charge is -2.31. The molecule has 1 aliphatic rings. The van der Waals surface area contributed by atoms with Crippen LogP contribution in [0.4, 0.5) is 14.9 Å². The summed E-state index contributed by atoms with van der Waals surface area (Å²) < 4.78 is 14.9. The predicted molar refractivity (Wildman–Crippen MR) is 99.5 cm³/mol. The lowest BCUT2D eigenvalue weighted by Crippen LogP contribution is -2.37. The second-order valence-electron chi connectivity index (χ2n) is 6.47. The summed E-state index contributed by atoms with van der Waals surface area (Å²) in [6, 6.07) is 10.4. The van der Waals surface area contributed by atoms with Gasteiger partial charge in [0.2, 0.25) is 0 Å². The van der Waals surface area contributed by atoms with Gasteiger partial charge in [-0.1, -0.05) is 12.1 Å². The predicted octanol–water partition coefficient (Wildman–Crippen LogP) is 3.77. The molecule has 2 heterocycles. The Labute approximate surface area is 154 Å². The van der Waals surface area contributed by atoms with Gasteiger partial charge in [-0.2, -0.15) is 5.10 Å². The monoisotopic (exact) mass is 364 g/mol. The van der Waals surface area contributed by atoms with Crippen LogP contribution < -0.4 is 5.32 Å². The summed E-state index contributed by atoms with van der Waals surface area (Å²) in [4.78, 5) is 26.1. The van der Waals surface area contributed by atoms with E-state index in [2.05, 4.69) is 10.4 Å². The molecule has 0 saturated heterocycles. The van der Waals surface area contributed by atoms with Gasteiger partial charge in [0.25, 0.3) is 0 Å². The molecule has 0 fully saturated rings. The zero-order valence-corrected chi connectivity index (χ0v) is 14.6. The molecule has 6 nitrogen and oxygen atoms in total. The third kappa shape index (κ3) is 3.44. The molecule has 3 aromatic rings. The van der Waals surface area contributed by atoms with Gasteiger partial charge >= 0.3 is 6.03 Å². The summed E-state index contributed by atoms with van der Waals surface area (Å²) in [5.41, 5.74) is 2.17. The number of carbonyl (C=O) groups is 2. The molecule has 0 bridgehead atoms. The van der Waals surface area contributed by atoms with E-state index in [0.717, 1.165) is 10.9 Å². The van der Waals surface area contributed by atoms with Crippen molar-refractivity contribution in [2.24, 2.45) is 7.05 Å². The van der Waals surface area contributed by atoms with Crippen molar-refractivity contribution in [2.45, 2.75) is 12.5 Å². The SMILES string of the molecule is Cn1cc2cc(NC(=O)N3C=CC(=O)CC3c3ccc(F)cc3)ccc2n1. The van der Waals surface area contributed by atoms with Gasteiger partial charge in [0, 0.05) is 36.9 Å². The Bertz CT molecular complexity index is 1060. The molecule has 0 saturated carbocycles. The van der Waals surface area contributed by atoms with E-state index in [1.807, 2.05) is 25.4 Å². The van der Waals surface area contributed by atoms with Gasteiger partial charge in [0.05, 0.1) is 11.6 Å². The Morgan fingerprint density at radius 3 is 2.78 bits per heavy atom. The molecular formula is C20H17FN4O2. The van der Waals surface area contributed by atoms with Crippen molar-refractivity contribution < 1.29 is 14.0 Å². The lowest BCUT2D eigenvalue weighted by atomic mass is 9.97. The van der Waals surface area contributed by atoms with Crippen molar-refractivity contribution in [1.82, 2.24) is 14.7 Å². The number of halogens is 1. The summed E-state index contributed by atoms with van der Waals surface area (Å²) >= 11 is 0. The van der Waals surface area contributed by atoms with Crippen molar-refractivity contribution in [1.29, 1.82) is 0 Å². The molecular weight excluding hydrogens is 347 g/mol. The number of anilines is 1. The molecule has 27 heavy (non-hydrogen) atoms. The van der Waals surface area contributed by atoms with Gasteiger partial charge < -0.3 is 5.32 Å². The van der Waals surface area contributed by atoms with Crippen LogP contribution in [-0.2, 0) is 11.8 Å². The number of allylic oxidation sites excluding steroid dienone is 1. The number of ketones is 1. The maximum absolute atomic E-state index is 13.2. The summed E-state index contributed by atoms with van der Waals surface area (Å²) in [6.45, 7) is 0. The Balaban J connectivity index is 1.60. The van der Waals surface area contributed by atoms with Gasteiger partial charge in [-0.15, -0.1) is 0 Å². The number of hydrogen-bond donors (Lipinski definition) is 1. The summed E-state index contributed by atoms with van der Waals surface area (Å²) in [6.07, 6.45) is 4.87. The highest BCUT2D eigenvalue weighted by Gasteiger charge is 2.28. The number of aromatic nitrogens is 2. The molecule has 1 aromatic heterocycles. The number of hydrogen-bond acceptors (Lipinski definition) is 3. The van der Waals surface area contributed by atoms with Crippen LogP contribution in [0.3, 0.4) is 0 Å². The van der Waals surface area contributed by atoms with Gasteiger partial charge in [-0.05, 0) is 42.0 Å². The van der Waals surface area contributed by atoms with Crippen molar-refractivity contribution in [3.8, 4) is 0 Å². The minimum absolute atomic E-state index is 0.0786. The quantitative estimate of drug-likeness (QED) is 0.753. The fourth-order valence-electron chi connectivity index (χ4n) is 3.21. The highest BCUT2D eigenvalue weighted by atomic mass is 19.1. The number of fused-ring (bicyclic) bond motifs is 1. The van der Waals surface area contributed by atoms with Crippen LogP contribution in [0, 0.1) is 5.82 Å². The zero-order valence-electron chi connectivity index (χ0n) is 14.6. The van der Waals surface area contributed by atoms with Crippen molar-refractivity contribution in [3.63, 3.8) is 0 Å². The Hall–Kier alpha value is -3.48. The average molecular weight is 364 g/mol. The summed E-state index contributed by atoms with van der Waals surface area (Å²) in [5, 5.41) is 8.07. The minimum Gasteiger partial charge on any atom is -0.308 e. The number of rotatable bonds is 2. The molecule has 1 unspecified atom stereocenters. The summed E-state index contributed by atoms with van der Waals surface area (Å²) in [7, 11) is 1.83. The smallest absolute Gasteiger partial charge is 0.308 e. The Morgan fingerprint density at radius 1 is 1.22 bits per heavy atom. The number of amides is 2. The van der Waals surface area contributed by atoms with E-state index in [0.29, 0.717) is 11.3 Å². The molecule has 4 rings (SSSR count). The van der Waals surface area contributed by atoms with E-state index in [4.69, 9.17) is 0 Å². The largest absolute Gasteiger partial charge is 0.326 e. The first kappa shape index (κ1) is 17.0. The van der Waals surface area contributed by atoms with Gasteiger partial charge in [0.15, 0.2) is 5.78 Å². The normalized spacial score (nSPS) is 16.7. The first-order chi connectivity index (χ1) is 13.0. The number of aryl methyl sites for hydroxylation is 1. The number of nitrogens with one attached hydrogen (secondary N) is 1. The molecule has 7 heteroatoms. The van der Waals surface area contributed by atoms with Crippen LogP contribution in [0.25, 0.3) is 10.9 Å². The van der Waals surface area contributed by atoms with Crippen LogP contribution >= 0.6 is 0 Å². The first-order valence-electron chi connectivity index (χ1n) is 8.49. The molecule has 1 aliphatic heterocycles. The number of nitrogens with zero attached hydrogens (tertiary/aromatic N) is 3. The lowest BCUT2D eigenvalue weighted by molar-refractivity contribution is -0.116. The Kier molecular flexibility index (Phi) is 4.19. The number of benzene rings is 2. The third-order valence-corrected chi connectivity index (χ3v) is 4.51. The zero-order chi connectivity index (χ0) is 19.0. The van der Waals surface area contributed by atoms with Crippen LogP contribution in [0.2, 0.25) is 0 Å². The maximum Gasteiger partial charge on any atom is 0.326 e. The second-order valence-corrected chi connectivity index (χ2v) is 6.47. The molecule has 1 N–H and O–H groups in total. The maximum atomic E-state index is 13.2. The molecule has 2 amide bonds. The topological polar surface area (TPSA) is 67.2 Å². The van der Waals surface area contributed by atoms with Crippen LogP contribution in [0.5, 0.6) is 0 Å². The fourth-order valence-corrected chi connectivity index (χ4v) is 3.21. The highest BCUT2D eigenvalue weighted by molar-refractivity contribution is 5.97. The number of carbonyl (C=O) groups excluding carboxylic acids is 2. The summed E-state index contributed by atoms with van der Waals surface area (Å²) in [5.74, 6) is -0.442. The average Bonchev–Trinajstić information content (AvgIpc) is 3.01. The number of urea groups is 1. The van der Waals surface area contributed by atoms with Crippen molar-refractivity contribution >= 4 is 28.4 Å².